The van der Waals surface area contributed by atoms with Gasteiger partial charge in [-0.25, -0.2) is 15.0 Å². The van der Waals surface area contributed by atoms with Crippen LogP contribution in [-0.2, 0) is 11.3 Å². The number of nitrogens with zero attached hydrogens (tertiary/aromatic N) is 4. The second-order valence-corrected chi connectivity index (χ2v) is 6.52. The maximum atomic E-state index is 12.5. The molecule has 10 nitrogen and oxygen atoms in total. The van der Waals surface area contributed by atoms with Crippen molar-refractivity contribution in [1.82, 2.24) is 19.5 Å². The Hall–Kier alpha value is -2.92. The molecule has 1 saturated heterocycles. The molecule has 0 radical (unpaired) electrons. The maximum absolute atomic E-state index is 12.5. The molecule has 1 aliphatic heterocycles. The molecular formula is C18H20N6O4. The number of carbonyl (C=O) groups is 1. The average molecular weight is 384 g/mol. The zero-order valence-corrected chi connectivity index (χ0v) is 14.9. The van der Waals surface area contributed by atoms with Gasteiger partial charge in [0.25, 0.3) is 5.91 Å². The van der Waals surface area contributed by atoms with Gasteiger partial charge in [-0.15, -0.1) is 0 Å². The third-order valence-electron chi connectivity index (χ3n) is 4.74. The molecule has 10 heteroatoms. The number of fused-ring (bicyclic) bond motifs is 1. The first kappa shape index (κ1) is 18.4. The number of aliphatic hydroxyl groups excluding tert-OH is 2. The van der Waals surface area contributed by atoms with Crippen molar-refractivity contribution >= 4 is 22.9 Å². The Bertz CT molecular complexity index is 989. The summed E-state index contributed by atoms with van der Waals surface area (Å²) in [6.45, 7) is 0.129. The lowest BCUT2D eigenvalue weighted by molar-refractivity contribution is -0.0432. The number of imidazole rings is 1. The number of nitrogens with two attached hydrogens (primary N) is 1. The van der Waals surface area contributed by atoms with E-state index in [2.05, 4.69) is 20.3 Å². The predicted molar refractivity (Wildman–Crippen MR) is 99.2 cm³/mol. The molecule has 3 aromatic rings. The standard InChI is InChI=1S/C18H20N6O4/c19-6-10-1-3-11(4-2-10)18(27)23-16-15-17(21-8-20-16)24(9-22-15)14-5-12(26)13(7-25)28-14/h1-4,8-9,12-14,25-26H,5-7,19H2,(H,20,21,23,27)/t12-,13?,14-/m1/s1. The van der Waals surface area contributed by atoms with Crippen molar-refractivity contribution in [3.63, 3.8) is 0 Å². The Labute approximate surface area is 160 Å². The third kappa shape index (κ3) is 3.34. The molecule has 5 N–H and O–H groups in total. The minimum Gasteiger partial charge on any atom is -0.394 e. The van der Waals surface area contributed by atoms with E-state index in [1.807, 2.05) is 0 Å². The van der Waals surface area contributed by atoms with Gasteiger partial charge in [-0.2, -0.15) is 0 Å². The summed E-state index contributed by atoms with van der Waals surface area (Å²) in [5.41, 5.74) is 7.83. The van der Waals surface area contributed by atoms with Crippen LogP contribution in [0.2, 0.25) is 0 Å². The fraction of sp³-hybridized carbons (Fsp3) is 0.333. The summed E-state index contributed by atoms with van der Waals surface area (Å²) in [4.78, 5) is 25.2. The van der Waals surface area contributed by atoms with E-state index in [1.165, 1.54) is 12.7 Å². The maximum Gasteiger partial charge on any atom is 0.256 e. The smallest absolute Gasteiger partial charge is 0.256 e. The van der Waals surface area contributed by atoms with Crippen molar-refractivity contribution in [1.29, 1.82) is 0 Å². The summed E-state index contributed by atoms with van der Waals surface area (Å²) in [5, 5.41) is 22.0. The van der Waals surface area contributed by atoms with E-state index in [9.17, 15) is 15.0 Å². The van der Waals surface area contributed by atoms with Gasteiger partial charge in [0.2, 0.25) is 0 Å². The number of aliphatic hydroxyl groups is 2. The molecule has 0 aliphatic carbocycles. The summed E-state index contributed by atoms with van der Waals surface area (Å²) in [6.07, 6.45) is 1.20. The van der Waals surface area contributed by atoms with Gasteiger partial charge in [0.05, 0.1) is 19.0 Å². The Morgan fingerprint density at radius 1 is 1.29 bits per heavy atom. The first-order chi connectivity index (χ1) is 13.6. The zero-order chi connectivity index (χ0) is 19.7. The molecule has 1 aliphatic rings. The van der Waals surface area contributed by atoms with Gasteiger partial charge < -0.3 is 26.0 Å². The molecule has 3 heterocycles. The van der Waals surface area contributed by atoms with Crippen LogP contribution < -0.4 is 11.1 Å². The number of aromatic nitrogens is 4. The van der Waals surface area contributed by atoms with Crippen LogP contribution in [0.5, 0.6) is 0 Å². The van der Waals surface area contributed by atoms with E-state index in [-0.39, 0.29) is 18.3 Å². The zero-order valence-electron chi connectivity index (χ0n) is 14.9. The van der Waals surface area contributed by atoms with Crippen molar-refractivity contribution in [3.8, 4) is 0 Å². The van der Waals surface area contributed by atoms with Gasteiger partial charge in [-0.3, -0.25) is 9.36 Å². The first-order valence-corrected chi connectivity index (χ1v) is 8.83. The van der Waals surface area contributed by atoms with Gasteiger partial charge in [-0.05, 0) is 17.7 Å². The third-order valence-corrected chi connectivity index (χ3v) is 4.74. The number of amides is 1. The average Bonchev–Trinajstić information content (AvgIpc) is 3.31. The van der Waals surface area contributed by atoms with E-state index in [0.29, 0.717) is 29.7 Å². The van der Waals surface area contributed by atoms with E-state index in [0.717, 1.165) is 5.56 Å². The number of carbonyl (C=O) groups excluding carboxylic acids is 1. The van der Waals surface area contributed by atoms with Gasteiger partial charge in [0.15, 0.2) is 17.0 Å². The number of anilines is 1. The Kier molecular flexibility index (Phi) is 5.01. The van der Waals surface area contributed by atoms with Crippen LogP contribution in [-0.4, -0.2) is 54.5 Å². The van der Waals surface area contributed by atoms with Crippen LogP contribution >= 0.6 is 0 Å². The highest BCUT2D eigenvalue weighted by molar-refractivity contribution is 6.06. The lowest BCUT2D eigenvalue weighted by Crippen LogP contribution is -2.24. The first-order valence-electron chi connectivity index (χ1n) is 8.83. The molecule has 0 spiro atoms. The monoisotopic (exact) mass is 384 g/mol. The summed E-state index contributed by atoms with van der Waals surface area (Å²) >= 11 is 0. The molecule has 1 aromatic carbocycles. The highest BCUT2D eigenvalue weighted by atomic mass is 16.5. The molecule has 28 heavy (non-hydrogen) atoms. The lowest BCUT2D eigenvalue weighted by Gasteiger charge is -2.13. The SMILES string of the molecule is NCc1ccc(C(=O)Nc2ncnc3c2ncn3[C@H]2C[C@@H](O)C(CO)O2)cc1. The molecule has 146 valence electrons. The normalized spacial score (nSPS) is 21.9. The molecule has 3 atom stereocenters. The minimum atomic E-state index is -0.773. The summed E-state index contributed by atoms with van der Waals surface area (Å²) in [6, 6.07) is 6.97. The van der Waals surface area contributed by atoms with Crippen molar-refractivity contribution < 1.29 is 19.7 Å². The van der Waals surface area contributed by atoms with Crippen LogP contribution in [0, 0.1) is 0 Å². The molecule has 1 unspecified atom stereocenters. The number of nitrogens with one attached hydrogen (secondary N) is 1. The molecule has 1 fully saturated rings. The Balaban J connectivity index is 1.59. The van der Waals surface area contributed by atoms with Crippen molar-refractivity contribution in [3.05, 3.63) is 48.0 Å². The molecule has 4 rings (SSSR count). The van der Waals surface area contributed by atoms with Crippen molar-refractivity contribution in [2.75, 3.05) is 11.9 Å². The predicted octanol–water partition coefficient (Wildman–Crippen LogP) is 0.178. The second kappa shape index (κ2) is 7.60. The summed E-state index contributed by atoms with van der Waals surface area (Å²) < 4.78 is 7.31. The minimum absolute atomic E-state index is 0.272. The van der Waals surface area contributed by atoms with Crippen LogP contribution in [0.4, 0.5) is 5.82 Å². The largest absolute Gasteiger partial charge is 0.394 e. The topological polar surface area (TPSA) is 148 Å². The Morgan fingerprint density at radius 2 is 2.07 bits per heavy atom. The quantitative estimate of drug-likeness (QED) is 0.487. The van der Waals surface area contributed by atoms with Gasteiger partial charge in [0.1, 0.15) is 18.7 Å². The van der Waals surface area contributed by atoms with Crippen molar-refractivity contribution in [2.24, 2.45) is 5.73 Å². The molecule has 0 bridgehead atoms. The van der Waals surface area contributed by atoms with Crippen LogP contribution in [0.1, 0.15) is 28.6 Å². The van der Waals surface area contributed by atoms with Crippen LogP contribution in [0.15, 0.2) is 36.9 Å². The van der Waals surface area contributed by atoms with Gasteiger partial charge >= 0.3 is 0 Å². The molecule has 2 aromatic heterocycles. The number of hydrogen-bond acceptors (Lipinski definition) is 8. The van der Waals surface area contributed by atoms with Gasteiger partial charge in [0, 0.05) is 18.5 Å². The summed E-state index contributed by atoms with van der Waals surface area (Å²) in [7, 11) is 0. The lowest BCUT2D eigenvalue weighted by atomic mass is 10.1. The number of benzene rings is 1. The summed E-state index contributed by atoms with van der Waals surface area (Å²) in [5.74, 6) is -0.0556. The number of ether oxygens (including phenoxy) is 1. The molecule has 1 amide bonds. The van der Waals surface area contributed by atoms with E-state index >= 15 is 0 Å². The van der Waals surface area contributed by atoms with Crippen molar-refractivity contribution in [2.45, 2.75) is 31.4 Å². The fourth-order valence-electron chi connectivity index (χ4n) is 3.18. The van der Waals surface area contributed by atoms with Crippen LogP contribution in [0.25, 0.3) is 11.2 Å². The number of rotatable bonds is 5. The highest BCUT2D eigenvalue weighted by Crippen LogP contribution is 2.31. The second-order valence-electron chi connectivity index (χ2n) is 6.52. The molecular weight excluding hydrogens is 364 g/mol. The van der Waals surface area contributed by atoms with Gasteiger partial charge in [-0.1, -0.05) is 12.1 Å². The molecule has 0 saturated carbocycles. The van der Waals surface area contributed by atoms with E-state index in [4.69, 9.17) is 10.5 Å². The number of hydrogen-bond donors (Lipinski definition) is 4. The highest BCUT2D eigenvalue weighted by Gasteiger charge is 2.35. The Morgan fingerprint density at radius 3 is 2.75 bits per heavy atom. The van der Waals surface area contributed by atoms with E-state index < -0.39 is 18.4 Å². The van der Waals surface area contributed by atoms with Crippen LogP contribution in [0.3, 0.4) is 0 Å². The van der Waals surface area contributed by atoms with E-state index in [1.54, 1.807) is 28.8 Å². The fourth-order valence-corrected chi connectivity index (χ4v) is 3.18.